The average Bonchev–Trinajstić information content (AvgIpc) is 2.94. The summed E-state index contributed by atoms with van der Waals surface area (Å²) < 4.78 is 10.5. The van der Waals surface area contributed by atoms with E-state index in [9.17, 15) is 9.59 Å². The zero-order valence-electron chi connectivity index (χ0n) is 13.3. The maximum atomic E-state index is 12.3. The van der Waals surface area contributed by atoms with Crippen LogP contribution in [-0.4, -0.2) is 49.2 Å². The summed E-state index contributed by atoms with van der Waals surface area (Å²) >= 11 is 0. The summed E-state index contributed by atoms with van der Waals surface area (Å²) in [7, 11) is 1.64. The lowest BCUT2D eigenvalue weighted by atomic mass is 9.91. The van der Waals surface area contributed by atoms with Gasteiger partial charge in [-0.1, -0.05) is 12.1 Å². The standard InChI is InChI=1S/C17H22N2O4/c1-22-14-5-2-13(3-6-14)4-7-15(20)19-10-8-17(9-11-19)12-18-16(21)23-17/h2-3,5-6H,4,7-12H2,1H3,(H,18,21). The monoisotopic (exact) mass is 318 g/mol. The van der Waals surface area contributed by atoms with E-state index in [1.165, 1.54) is 0 Å². The van der Waals surface area contributed by atoms with Gasteiger partial charge in [0.1, 0.15) is 11.4 Å². The maximum Gasteiger partial charge on any atom is 0.407 e. The fraction of sp³-hybridized carbons (Fsp3) is 0.529. The summed E-state index contributed by atoms with van der Waals surface area (Å²) in [5.41, 5.74) is 0.727. The molecule has 2 fully saturated rings. The van der Waals surface area contributed by atoms with E-state index in [0.717, 1.165) is 17.7 Å². The van der Waals surface area contributed by atoms with Gasteiger partial charge in [-0.15, -0.1) is 0 Å². The lowest BCUT2D eigenvalue weighted by Crippen LogP contribution is -2.48. The van der Waals surface area contributed by atoms with Crippen LogP contribution in [0.3, 0.4) is 0 Å². The number of benzene rings is 1. The highest BCUT2D eigenvalue weighted by molar-refractivity contribution is 5.76. The number of aryl methyl sites for hydroxylation is 1. The Balaban J connectivity index is 1.46. The third-order valence-corrected chi connectivity index (χ3v) is 4.68. The molecule has 2 saturated heterocycles. The van der Waals surface area contributed by atoms with Crippen molar-refractivity contribution in [1.82, 2.24) is 10.2 Å². The Labute approximate surface area is 135 Å². The summed E-state index contributed by atoms with van der Waals surface area (Å²) in [6, 6.07) is 7.79. The third kappa shape index (κ3) is 3.57. The Hall–Kier alpha value is -2.24. The van der Waals surface area contributed by atoms with Crippen LogP contribution < -0.4 is 10.1 Å². The number of amides is 2. The van der Waals surface area contributed by atoms with Crippen LogP contribution in [0.4, 0.5) is 4.79 Å². The molecule has 6 nitrogen and oxygen atoms in total. The Morgan fingerprint density at radius 1 is 1.30 bits per heavy atom. The molecule has 0 radical (unpaired) electrons. The van der Waals surface area contributed by atoms with Crippen LogP contribution in [0, 0.1) is 0 Å². The number of nitrogens with one attached hydrogen (secondary N) is 1. The molecule has 23 heavy (non-hydrogen) atoms. The van der Waals surface area contributed by atoms with Crippen LogP contribution in [0.25, 0.3) is 0 Å². The Morgan fingerprint density at radius 3 is 2.57 bits per heavy atom. The molecule has 124 valence electrons. The van der Waals surface area contributed by atoms with Crippen molar-refractivity contribution in [3.8, 4) is 5.75 Å². The second-order valence-corrected chi connectivity index (χ2v) is 6.15. The number of likely N-dealkylation sites (tertiary alicyclic amines) is 1. The molecule has 2 aliphatic heterocycles. The molecule has 1 aromatic rings. The molecule has 0 unspecified atom stereocenters. The summed E-state index contributed by atoms with van der Waals surface area (Å²) in [6.07, 6.45) is 2.29. The Morgan fingerprint density at radius 2 is 2.00 bits per heavy atom. The van der Waals surface area contributed by atoms with Crippen molar-refractivity contribution >= 4 is 12.0 Å². The molecular formula is C17H22N2O4. The van der Waals surface area contributed by atoms with Gasteiger partial charge in [0.05, 0.1) is 13.7 Å². The number of alkyl carbamates (subject to hydrolysis) is 1. The number of hydrogen-bond donors (Lipinski definition) is 1. The molecule has 1 N–H and O–H groups in total. The van der Waals surface area contributed by atoms with Crippen molar-refractivity contribution in [2.75, 3.05) is 26.7 Å². The van der Waals surface area contributed by atoms with Gasteiger partial charge in [-0.2, -0.15) is 0 Å². The van der Waals surface area contributed by atoms with Gasteiger partial charge >= 0.3 is 6.09 Å². The highest BCUT2D eigenvalue weighted by atomic mass is 16.6. The fourth-order valence-electron chi connectivity index (χ4n) is 3.15. The Bertz CT molecular complexity index is 577. The molecule has 2 aliphatic rings. The van der Waals surface area contributed by atoms with Crippen molar-refractivity contribution < 1.29 is 19.1 Å². The molecule has 0 saturated carbocycles. The van der Waals surface area contributed by atoms with E-state index in [2.05, 4.69) is 5.32 Å². The van der Waals surface area contributed by atoms with E-state index < -0.39 is 5.60 Å². The minimum Gasteiger partial charge on any atom is -0.497 e. The number of ether oxygens (including phenoxy) is 2. The van der Waals surface area contributed by atoms with Crippen LogP contribution in [0.1, 0.15) is 24.8 Å². The number of carbonyl (C=O) groups excluding carboxylic acids is 2. The first-order valence-electron chi connectivity index (χ1n) is 7.98. The summed E-state index contributed by atoms with van der Waals surface area (Å²) in [6.45, 7) is 1.85. The number of nitrogens with zero attached hydrogens (tertiary/aromatic N) is 1. The summed E-state index contributed by atoms with van der Waals surface area (Å²) in [5, 5.41) is 2.71. The predicted molar refractivity (Wildman–Crippen MR) is 84.3 cm³/mol. The molecule has 3 rings (SSSR count). The predicted octanol–water partition coefficient (Wildman–Crippen LogP) is 1.73. The first-order valence-corrected chi connectivity index (χ1v) is 7.98. The molecule has 2 amide bonds. The Kier molecular flexibility index (Phi) is 4.41. The third-order valence-electron chi connectivity index (χ3n) is 4.68. The van der Waals surface area contributed by atoms with Crippen molar-refractivity contribution in [2.45, 2.75) is 31.3 Å². The van der Waals surface area contributed by atoms with E-state index >= 15 is 0 Å². The number of rotatable bonds is 4. The summed E-state index contributed by atoms with van der Waals surface area (Å²) in [5.74, 6) is 0.981. The number of hydrogen-bond acceptors (Lipinski definition) is 4. The van der Waals surface area contributed by atoms with Gasteiger partial charge in [-0.05, 0) is 24.1 Å². The van der Waals surface area contributed by atoms with Crippen LogP contribution in [0.2, 0.25) is 0 Å². The molecule has 1 aromatic carbocycles. The molecular weight excluding hydrogens is 296 g/mol. The molecule has 0 aromatic heterocycles. The molecule has 0 atom stereocenters. The minimum absolute atomic E-state index is 0.160. The SMILES string of the molecule is COc1ccc(CCC(=O)N2CCC3(CC2)CNC(=O)O3)cc1. The normalized spacial score (nSPS) is 19.3. The number of piperidine rings is 1. The molecule has 1 spiro atoms. The molecule has 6 heteroatoms. The van der Waals surface area contributed by atoms with Crippen molar-refractivity contribution in [2.24, 2.45) is 0 Å². The topological polar surface area (TPSA) is 67.9 Å². The maximum absolute atomic E-state index is 12.3. The van der Waals surface area contributed by atoms with Crippen molar-refractivity contribution in [3.63, 3.8) is 0 Å². The molecule has 0 aliphatic carbocycles. The summed E-state index contributed by atoms with van der Waals surface area (Å²) in [4.78, 5) is 25.4. The average molecular weight is 318 g/mol. The molecule has 0 bridgehead atoms. The van der Waals surface area contributed by atoms with Crippen LogP contribution in [-0.2, 0) is 16.0 Å². The van der Waals surface area contributed by atoms with Crippen LogP contribution >= 0.6 is 0 Å². The number of carbonyl (C=O) groups is 2. The van der Waals surface area contributed by atoms with Crippen molar-refractivity contribution in [1.29, 1.82) is 0 Å². The molecule has 2 heterocycles. The van der Waals surface area contributed by atoms with E-state index in [0.29, 0.717) is 38.9 Å². The van der Waals surface area contributed by atoms with Gasteiger partial charge in [0.25, 0.3) is 0 Å². The minimum atomic E-state index is -0.399. The zero-order valence-corrected chi connectivity index (χ0v) is 13.3. The van der Waals surface area contributed by atoms with Gasteiger partial charge in [-0.25, -0.2) is 4.79 Å². The van der Waals surface area contributed by atoms with E-state index in [1.54, 1.807) is 7.11 Å². The largest absolute Gasteiger partial charge is 0.497 e. The van der Waals surface area contributed by atoms with Gasteiger partial charge in [-0.3, -0.25) is 4.79 Å². The second-order valence-electron chi connectivity index (χ2n) is 6.15. The highest BCUT2D eigenvalue weighted by Crippen LogP contribution is 2.29. The number of methoxy groups -OCH3 is 1. The lowest BCUT2D eigenvalue weighted by Gasteiger charge is -2.37. The van der Waals surface area contributed by atoms with E-state index in [-0.39, 0.29) is 12.0 Å². The lowest BCUT2D eigenvalue weighted by molar-refractivity contribution is -0.134. The quantitative estimate of drug-likeness (QED) is 0.918. The van der Waals surface area contributed by atoms with Gasteiger partial charge in [0.15, 0.2) is 0 Å². The van der Waals surface area contributed by atoms with E-state index in [1.807, 2.05) is 29.2 Å². The van der Waals surface area contributed by atoms with Gasteiger partial charge in [0.2, 0.25) is 5.91 Å². The first-order chi connectivity index (χ1) is 11.1. The highest BCUT2D eigenvalue weighted by Gasteiger charge is 2.43. The van der Waals surface area contributed by atoms with E-state index in [4.69, 9.17) is 9.47 Å². The second kappa shape index (κ2) is 6.48. The smallest absolute Gasteiger partial charge is 0.407 e. The van der Waals surface area contributed by atoms with Crippen LogP contribution in [0.15, 0.2) is 24.3 Å². The van der Waals surface area contributed by atoms with Gasteiger partial charge in [0, 0.05) is 32.4 Å². The first kappa shape index (κ1) is 15.6. The van der Waals surface area contributed by atoms with Crippen LogP contribution in [0.5, 0.6) is 5.75 Å². The van der Waals surface area contributed by atoms with Crippen molar-refractivity contribution in [3.05, 3.63) is 29.8 Å². The zero-order chi connectivity index (χ0) is 16.3. The van der Waals surface area contributed by atoms with Gasteiger partial charge < -0.3 is 19.7 Å². The fourth-order valence-corrected chi connectivity index (χ4v) is 3.15.